The molecule has 1 heterocycles. The summed E-state index contributed by atoms with van der Waals surface area (Å²) < 4.78 is 0. The number of carboxylic acid groups (broad SMARTS) is 1. The van der Waals surface area contributed by atoms with Gasteiger partial charge in [-0.05, 0) is 30.7 Å². The quantitative estimate of drug-likeness (QED) is 0.747. The van der Waals surface area contributed by atoms with Gasteiger partial charge in [0.15, 0.2) is 0 Å². The number of hydrogen-bond donors (Lipinski definition) is 2. The van der Waals surface area contributed by atoms with Crippen LogP contribution in [-0.4, -0.2) is 42.4 Å². The molecule has 0 saturated heterocycles. The minimum Gasteiger partial charge on any atom is -0.480 e. The lowest BCUT2D eigenvalue weighted by molar-refractivity contribution is -0.135. The van der Waals surface area contributed by atoms with E-state index in [0.717, 1.165) is 31.4 Å². The van der Waals surface area contributed by atoms with Crippen molar-refractivity contribution in [1.82, 2.24) is 4.90 Å². The van der Waals surface area contributed by atoms with Crippen LogP contribution < -0.4 is 5.73 Å². The van der Waals surface area contributed by atoms with Crippen molar-refractivity contribution in [2.24, 2.45) is 5.73 Å². The fraction of sp³-hybridized carbons (Fsp3) is 0.385. The van der Waals surface area contributed by atoms with E-state index >= 15 is 0 Å². The standard InChI is InChI=1S/C11H13NO.C2H5NO2/c1-12-5-4-10-6-9(8-13)2-3-11(10)7-12;3-1-2(4)5/h2-3,6,8H,4-5,7H2,1H3;1,3H2,(H,4,5). The van der Waals surface area contributed by atoms with Gasteiger partial charge in [0.1, 0.15) is 6.29 Å². The molecular formula is C13H18N2O3. The van der Waals surface area contributed by atoms with Gasteiger partial charge in [-0.1, -0.05) is 12.1 Å². The molecule has 0 saturated carbocycles. The van der Waals surface area contributed by atoms with E-state index in [2.05, 4.69) is 23.7 Å². The lowest BCUT2D eigenvalue weighted by Gasteiger charge is -2.24. The van der Waals surface area contributed by atoms with Gasteiger partial charge in [-0.3, -0.25) is 9.59 Å². The maximum absolute atomic E-state index is 10.5. The number of benzene rings is 1. The molecule has 98 valence electrons. The number of hydrogen-bond acceptors (Lipinski definition) is 4. The Morgan fingerprint density at radius 2 is 2.17 bits per heavy atom. The van der Waals surface area contributed by atoms with E-state index in [4.69, 9.17) is 5.11 Å². The summed E-state index contributed by atoms with van der Waals surface area (Å²) >= 11 is 0. The first-order valence-corrected chi connectivity index (χ1v) is 5.74. The molecule has 1 aromatic carbocycles. The second-order valence-electron chi connectivity index (χ2n) is 4.23. The Morgan fingerprint density at radius 1 is 1.50 bits per heavy atom. The predicted molar refractivity (Wildman–Crippen MR) is 68.6 cm³/mol. The summed E-state index contributed by atoms with van der Waals surface area (Å²) in [6.07, 6.45) is 1.98. The van der Waals surface area contributed by atoms with E-state index in [9.17, 15) is 9.59 Å². The molecule has 1 aliphatic heterocycles. The summed E-state index contributed by atoms with van der Waals surface area (Å²) in [7, 11) is 2.12. The normalized spacial score (nSPS) is 14.1. The van der Waals surface area contributed by atoms with Crippen molar-refractivity contribution in [2.75, 3.05) is 20.1 Å². The molecule has 1 aliphatic rings. The number of carbonyl (C=O) groups is 2. The highest BCUT2D eigenvalue weighted by Gasteiger charge is 2.12. The fourth-order valence-corrected chi connectivity index (χ4v) is 1.79. The minimum atomic E-state index is -0.968. The molecular weight excluding hydrogens is 232 g/mol. The van der Waals surface area contributed by atoms with E-state index in [-0.39, 0.29) is 6.54 Å². The van der Waals surface area contributed by atoms with E-state index in [1.54, 1.807) is 0 Å². The Balaban J connectivity index is 0.000000280. The van der Waals surface area contributed by atoms with Gasteiger partial charge in [0.25, 0.3) is 0 Å². The van der Waals surface area contributed by atoms with Crippen LogP contribution in [0.3, 0.4) is 0 Å². The summed E-state index contributed by atoms with van der Waals surface area (Å²) in [5.74, 6) is -0.968. The number of carbonyl (C=O) groups excluding carboxylic acids is 1. The Morgan fingerprint density at radius 3 is 2.72 bits per heavy atom. The van der Waals surface area contributed by atoms with Gasteiger partial charge < -0.3 is 15.7 Å². The van der Waals surface area contributed by atoms with Gasteiger partial charge in [0.2, 0.25) is 0 Å². The Bertz CT molecular complexity index is 432. The van der Waals surface area contributed by atoms with E-state index in [1.165, 1.54) is 11.1 Å². The molecule has 0 spiro atoms. The molecule has 0 bridgehead atoms. The van der Waals surface area contributed by atoms with Crippen molar-refractivity contribution in [2.45, 2.75) is 13.0 Å². The van der Waals surface area contributed by atoms with Crippen LogP contribution in [-0.2, 0) is 17.8 Å². The molecule has 0 aromatic heterocycles. The van der Waals surface area contributed by atoms with Crippen LogP contribution >= 0.6 is 0 Å². The highest BCUT2D eigenvalue weighted by Crippen LogP contribution is 2.18. The van der Waals surface area contributed by atoms with Crippen molar-refractivity contribution in [3.8, 4) is 0 Å². The van der Waals surface area contributed by atoms with Crippen LogP contribution in [0.4, 0.5) is 0 Å². The average Bonchev–Trinajstić information content (AvgIpc) is 2.38. The van der Waals surface area contributed by atoms with Gasteiger partial charge in [-0.2, -0.15) is 0 Å². The van der Waals surface area contributed by atoms with Crippen molar-refractivity contribution in [3.63, 3.8) is 0 Å². The van der Waals surface area contributed by atoms with Crippen molar-refractivity contribution < 1.29 is 14.7 Å². The number of aliphatic carboxylic acids is 1. The van der Waals surface area contributed by atoms with Crippen LogP contribution in [0.2, 0.25) is 0 Å². The van der Waals surface area contributed by atoms with Gasteiger partial charge in [0, 0.05) is 18.7 Å². The molecule has 0 aliphatic carbocycles. The van der Waals surface area contributed by atoms with Crippen LogP contribution in [0.5, 0.6) is 0 Å². The van der Waals surface area contributed by atoms with Gasteiger partial charge >= 0.3 is 5.97 Å². The highest BCUT2D eigenvalue weighted by atomic mass is 16.4. The molecule has 2 rings (SSSR count). The zero-order chi connectivity index (χ0) is 13.5. The lowest BCUT2D eigenvalue weighted by atomic mass is 9.98. The maximum Gasteiger partial charge on any atom is 0.317 e. The van der Waals surface area contributed by atoms with E-state index in [0.29, 0.717) is 0 Å². The maximum atomic E-state index is 10.5. The molecule has 5 heteroatoms. The van der Waals surface area contributed by atoms with Crippen molar-refractivity contribution in [1.29, 1.82) is 0 Å². The third kappa shape index (κ3) is 4.27. The summed E-state index contributed by atoms with van der Waals surface area (Å²) in [5, 5.41) is 7.60. The third-order valence-electron chi connectivity index (χ3n) is 2.74. The number of rotatable bonds is 2. The number of carboxylic acids is 1. The average molecular weight is 250 g/mol. The highest BCUT2D eigenvalue weighted by molar-refractivity contribution is 5.75. The first kappa shape index (κ1) is 14.3. The summed E-state index contributed by atoms with van der Waals surface area (Å²) in [6, 6.07) is 5.97. The second kappa shape index (κ2) is 6.88. The summed E-state index contributed by atoms with van der Waals surface area (Å²) in [6.45, 7) is 1.82. The van der Waals surface area contributed by atoms with Crippen LogP contribution in [0.1, 0.15) is 21.5 Å². The number of fused-ring (bicyclic) bond motifs is 1. The number of nitrogens with two attached hydrogens (primary N) is 1. The largest absolute Gasteiger partial charge is 0.480 e. The first-order chi connectivity index (χ1) is 8.56. The molecule has 0 radical (unpaired) electrons. The lowest BCUT2D eigenvalue weighted by Crippen LogP contribution is -2.26. The fourth-order valence-electron chi connectivity index (χ4n) is 1.79. The van der Waals surface area contributed by atoms with Crippen molar-refractivity contribution in [3.05, 3.63) is 34.9 Å². The molecule has 0 atom stereocenters. The zero-order valence-corrected chi connectivity index (χ0v) is 10.4. The second-order valence-corrected chi connectivity index (χ2v) is 4.23. The molecule has 0 fully saturated rings. The number of nitrogens with zero attached hydrogens (tertiary/aromatic N) is 1. The topological polar surface area (TPSA) is 83.6 Å². The monoisotopic (exact) mass is 250 g/mol. The molecule has 3 N–H and O–H groups in total. The molecule has 0 amide bonds. The van der Waals surface area contributed by atoms with Crippen LogP contribution in [0.15, 0.2) is 18.2 Å². The molecule has 5 nitrogen and oxygen atoms in total. The van der Waals surface area contributed by atoms with E-state index < -0.39 is 5.97 Å². The summed E-state index contributed by atoms with van der Waals surface area (Å²) in [5.41, 5.74) is 8.06. The minimum absolute atomic E-state index is 0.278. The van der Waals surface area contributed by atoms with Gasteiger partial charge in [-0.25, -0.2) is 0 Å². The Hall–Kier alpha value is -1.72. The van der Waals surface area contributed by atoms with Crippen LogP contribution in [0, 0.1) is 0 Å². The zero-order valence-electron chi connectivity index (χ0n) is 10.4. The smallest absolute Gasteiger partial charge is 0.317 e. The number of aldehydes is 1. The van der Waals surface area contributed by atoms with Gasteiger partial charge in [0.05, 0.1) is 6.54 Å². The first-order valence-electron chi connectivity index (χ1n) is 5.74. The molecule has 1 aromatic rings. The Kier molecular flexibility index (Phi) is 5.48. The number of likely N-dealkylation sites (N-methyl/N-ethyl adjacent to an activating group) is 1. The van der Waals surface area contributed by atoms with Crippen molar-refractivity contribution >= 4 is 12.3 Å². The summed E-state index contributed by atoms with van der Waals surface area (Å²) in [4.78, 5) is 22.1. The van der Waals surface area contributed by atoms with E-state index in [1.807, 2.05) is 12.1 Å². The predicted octanol–water partition coefficient (Wildman–Crippen LogP) is 0.517. The molecule has 18 heavy (non-hydrogen) atoms. The third-order valence-corrected chi connectivity index (χ3v) is 2.74. The Labute approximate surface area is 106 Å². The molecule has 0 unspecified atom stereocenters. The van der Waals surface area contributed by atoms with Crippen LogP contribution in [0.25, 0.3) is 0 Å². The SMILES string of the molecule is CN1CCc2cc(C=O)ccc2C1.NCC(=O)O. The van der Waals surface area contributed by atoms with Gasteiger partial charge in [-0.15, -0.1) is 0 Å².